The van der Waals surface area contributed by atoms with Gasteiger partial charge in [-0.1, -0.05) is 24.3 Å². The maximum atomic E-state index is 5.53. The number of hydrogen-bond donors (Lipinski definition) is 1. The lowest BCUT2D eigenvalue weighted by Gasteiger charge is -2.11. The van der Waals surface area contributed by atoms with Crippen LogP contribution in [0.5, 0.6) is 0 Å². The minimum absolute atomic E-state index is 0.139. The van der Waals surface area contributed by atoms with Gasteiger partial charge in [-0.05, 0) is 25.0 Å². The first-order valence-corrected chi connectivity index (χ1v) is 4.60. The fraction of sp³-hybridized carbons (Fsp3) is 0.455. The summed E-state index contributed by atoms with van der Waals surface area (Å²) in [7, 11) is 0. The summed E-state index contributed by atoms with van der Waals surface area (Å²) in [6.07, 6.45) is 0.139. The van der Waals surface area contributed by atoms with E-state index in [1.165, 1.54) is 11.1 Å². The van der Waals surface area contributed by atoms with E-state index in [2.05, 4.69) is 19.1 Å². The minimum atomic E-state index is 0.139. The molecule has 0 saturated carbocycles. The van der Waals surface area contributed by atoms with Gasteiger partial charge in [-0.2, -0.15) is 0 Å². The Kier molecular flexibility index (Phi) is 3.93. The standard InChI is InChI=1S/C11H17NO/c1-9-5-3-4-6-11(9)8-13-10(2)7-12/h3-6,10H,7-8,12H2,1-2H3. The Balaban J connectivity index is 2.50. The molecule has 13 heavy (non-hydrogen) atoms. The Morgan fingerprint density at radius 3 is 2.69 bits per heavy atom. The molecular formula is C11H17NO. The van der Waals surface area contributed by atoms with E-state index < -0.39 is 0 Å². The zero-order chi connectivity index (χ0) is 9.68. The highest BCUT2D eigenvalue weighted by molar-refractivity contribution is 5.24. The Labute approximate surface area is 79.7 Å². The quantitative estimate of drug-likeness (QED) is 0.765. The Morgan fingerprint density at radius 2 is 2.08 bits per heavy atom. The van der Waals surface area contributed by atoms with Crippen molar-refractivity contribution in [2.45, 2.75) is 26.6 Å². The largest absolute Gasteiger partial charge is 0.373 e. The van der Waals surface area contributed by atoms with E-state index in [-0.39, 0.29) is 6.10 Å². The van der Waals surface area contributed by atoms with E-state index in [9.17, 15) is 0 Å². The van der Waals surface area contributed by atoms with Crippen molar-refractivity contribution in [1.29, 1.82) is 0 Å². The molecule has 1 aromatic rings. The zero-order valence-electron chi connectivity index (χ0n) is 8.29. The highest BCUT2D eigenvalue weighted by Gasteiger charge is 2.00. The summed E-state index contributed by atoms with van der Waals surface area (Å²) >= 11 is 0. The van der Waals surface area contributed by atoms with Crippen LogP contribution in [-0.2, 0) is 11.3 Å². The fourth-order valence-corrected chi connectivity index (χ4v) is 1.07. The van der Waals surface area contributed by atoms with Crippen molar-refractivity contribution in [1.82, 2.24) is 0 Å². The molecule has 2 heteroatoms. The van der Waals surface area contributed by atoms with Gasteiger partial charge in [0, 0.05) is 6.54 Å². The average molecular weight is 179 g/mol. The van der Waals surface area contributed by atoms with E-state index in [4.69, 9.17) is 10.5 Å². The normalized spacial score (nSPS) is 12.8. The lowest BCUT2D eigenvalue weighted by Crippen LogP contribution is -2.19. The number of benzene rings is 1. The molecule has 0 bridgehead atoms. The lowest BCUT2D eigenvalue weighted by molar-refractivity contribution is 0.0587. The molecule has 1 rings (SSSR count). The SMILES string of the molecule is Cc1ccccc1COC(C)CN. The first-order valence-electron chi connectivity index (χ1n) is 4.60. The monoisotopic (exact) mass is 179 g/mol. The maximum Gasteiger partial charge on any atom is 0.0723 e. The highest BCUT2D eigenvalue weighted by Crippen LogP contribution is 2.08. The predicted octanol–water partition coefficient (Wildman–Crippen LogP) is 1.86. The van der Waals surface area contributed by atoms with E-state index in [1.807, 2.05) is 19.1 Å². The van der Waals surface area contributed by atoms with Crippen LogP contribution in [0.4, 0.5) is 0 Å². The second-order valence-corrected chi connectivity index (χ2v) is 3.28. The van der Waals surface area contributed by atoms with E-state index in [1.54, 1.807) is 0 Å². The maximum absolute atomic E-state index is 5.53. The highest BCUT2D eigenvalue weighted by atomic mass is 16.5. The molecule has 1 atom stereocenters. The van der Waals surface area contributed by atoms with Crippen LogP contribution < -0.4 is 5.73 Å². The molecular weight excluding hydrogens is 162 g/mol. The zero-order valence-corrected chi connectivity index (χ0v) is 8.29. The number of nitrogens with two attached hydrogens (primary N) is 1. The summed E-state index contributed by atoms with van der Waals surface area (Å²) in [5.74, 6) is 0. The number of aryl methyl sites for hydroxylation is 1. The fourth-order valence-electron chi connectivity index (χ4n) is 1.07. The van der Waals surface area contributed by atoms with Crippen molar-refractivity contribution in [3.8, 4) is 0 Å². The van der Waals surface area contributed by atoms with Gasteiger partial charge < -0.3 is 10.5 Å². The van der Waals surface area contributed by atoms with Gasteiger partial charge in [-0.15, -0.1) is 0 Å². The Bertz CT molecular complexity index is 260. The first-order chi connectivity index (χ1) is 6.24. The topological polar surface area (TPSA) is 35.2 Å². The van der Waals surface area contributed by atoms with Crippen molar-refractivity contribution in [2.24, 2.45) is 5.73 Å². The summed E-state index contributed by atoms with van der Waals surface area (Å²) in [4.78, 5) is 0. The average Bonchev–Trinajstić information content (AvgIpc) is 2.16. The Morgan fingerprint density at radius 1 is 1.38 bits per heavy atom. The molecule has 0 heterocycles. The molecule has 2 N–H and O–H groups in total. The molecule has 1 unspecified atom stereocenters. The van der Waals surface area contributed by atoms with Gasteiger partial charge in [0.15, 0.2) is 0 Å². The van der Waals surface area contributed by atoms with Crippen LogP contribution in [0, 0.1) is 6.92 Å². The summed E-state index contributed by atoms with van der Waals surface area (Å²) in [5.41, 5.74) is 7.96. The van der Waals surface area contributed by atoms with Gasteiger partial charge in [0.25, 0.3) is 0 Å². The van der Waals surface area contributed by atoms with Crippen LogP contribution in [0.1, 0.15) is 18.1 Å². The van der Waals surface area contributed by atoms with E-state index >= 15 is 0 Å². The summed E-state index contributed by atoms with van der Waals surface area (Å²) in [5, 5.41) is 0. The molecule has 0 amide bonds. The molecule has 0 radical (unpaired) electrons. The van der Waals surface area contributed by atoms with Gasteiger partial charge in [0.2, 0.25) is 0 Å². The number of hydrogen-bond acceptors (Lipinski definition) is 2. The van der Waals surface area contributed by atoms with Crippen LogP contribution in [0.3, 0.4) is 0 Å². The number of rotatable bonds is 4. The first kappa shape index (κ1) is 10.2. The van der Waals surface area contributed by atoms with Crippen molar-refractivity contribution in [2.75, 3.05) is 6.54 Å². The Hall–Kier alpha value is -0.860. The molecule has 0 aromatic heterocycles. The summed E-state index contributed by atoms with van der Waals surface area (Å²) in [6, 6.07) is 8.23. The smallest absolute Gasteiger partial charge is 0.0723 e. The molecule has 72 valence electrons. The second-order valence-electron chi connectivity index (χ2n) is 3.28. The summed E-state index contributed by atoms with van der Waals surface area (Å²) < 4.78 is 5.53. The molecule has 0 saturated heterocycles. The molecule has 0 aliphatic rings. The van der Waals surface area contributed by atoms with Gasteiger partial charge in [0.05, 0.1) is 12.7 Å². The minimum Gasteiger partial charge on any atom is -0.373 e. The van der Waals surface area contributed by atoms with Gasteiger partial charge in [0.1, 0.15) is 0 Å². The van der Waals surface area contributed by atoms with Gasteiger partial charge >= 0.3 is 0 Å². The van der Waals surface area contributed by atoms with Crippen molar-refractivity contribution in [3.05, 3.63) is 35.4 Å². The lowest BCUT2D eigenvalue weighted by atomic mass is 10.1. The molecule has 0 aliphatic heterocycles. The van der Waals surface area contributed by atoms with Gasteiger partial charge in [-0.3, -0.25) is 0 Å². The van der Waals surface area contributed by atoms with Crippen LogP contribution in [0.2, 0.25) is 0 Å². The van der Waals surface area contributed by atoms with Crippen molar-refractivity contribution < 1.29 is 4.74 Å². The third kappa shape index (κ3) is 3.17. The summed E-state index contributed by atoms with van der Waals surface area (Å²) in [6.45, 7) is 5.31. The second kappa shape index (κ2) is 5.00. The number of ether oxygens (including phenoxy) is 1. The molecule has 0 spiro atoms. The van der Waals surface area contributed by atoms with E-state index in [0.717, 1.165) is 0 Å². The van der Waals surface area contributed by atoms with Crippen LogP contribution in [0.25, 0.3) is 0 Å². The van der Waals surface area contributed by atoms with E-state index in [0.29, 0.717) is 13.2 Å². The van der Waals surface area contributed by atoms with Gasteiger partial charge in [-0.25, -0.2) is 0 Å². The molecule has 0 fully saturated rings. The van der Waals surface area contributed by atoms with Crippen molar-refractivity contribution in [3.63, 3.8) is 0 Å². The molecule has 2 nitrogen and oxygen atoms in total. The third-order valence-corrected chi connectivity index (χ3v) is 2.12. The van der Waals surface area contributed by atoms with Crippen LogP contribution in [0.15, 0.2) is 24.3 Å². The predicted molar refractivity (Wildman–Crippen MR) is 54.5 cm³/mol. The van der Waals surface area contributed by atoms with Crippen LogP contribution >= 0.6 is 0 Å². The van der Waals surface area contributed by atoms with Crippen LogP contribution in [-0.4, -0.2) is 12.6 Å². The molecule has 1 aromatic carbocycles. The third-order valence-electron chi connectivity index (χ3n) is 2.12. The molecule has 0 aliphatic carbocycles. The van der Waals surface area contributed by atoms with Crippen molar-refractivity contribution >= 4 is 0 Å².